The average Bonchev–Trinajstić information content (AvgIpc) is 3.13. The van der Waals surface area contributed by atoms with Crippen molar-refractivity contribution >= 4 is 5.78 Å². The van der Waals surface area contributed by atoms with Gasteiger partial charge in [-0.25, -0.2) is 17.6 Å². The highest BCUT2D eigenvalue weighted by molar-refractivity contribution is 6.11. The van der Waals surface area contributed by atoms with Crippen LogP contribution in [0.2, 0.25) is 0 Å². The van der Waals surface area contributed by atoms with E-state index in [1.54, 1.807) is 12.1 Å². The number of benzene rings is 2. The van der Waals surface area contributed by atoms with Gasteiger partial charge in [-0.15, -0.1) is 0 Å². The van der Waals surface area contributed by atoms with Crippen molar-refractivity contribution in [2.45, 2.75) is 205 Å². The largest absolute Gasteiger partial charge is 0.289 e. The van der Waals surface area contributed by atoms with Crippen molar-refractivity contribution < 1.29 is 22.4 Å². The van der Waals surface area contributed by atoms with E-state index in [1.165, 1.54) is 127 Å². The molecule has 2 aromatic rings. The van der Waals surface area contributed by atoms with E-state index in [9.17, 15) is 4.79 Å². The molecular weight excluding hydrogens is 657 g/mol. The molecule has 0 N–H and O–H groups in total. The number of halogens is 4. The van der Waals surface area contributed by atoms with Gasteiger partial charge in [-0.2, -0.15) is 0 Å². The van der Waals surface area contributed by atoms with Crippen LogP contribution in [0.25, 0.3) is 0 Å². The van der Waals surface area contributed by atoms with Gasteiger partial charge in [0.15, 0.2) is 5.78 Å². The quantitative estimate of drug-likeness (QED) is 0.0671. The molecule has 5 heteroatoms. The van der Waals surface area contributed by atoms with E-state index in [4.69, 9.17) is 0 Å². The first-order valence-electron chi connectivity index (χ1n) is 21.5. The highest BCUT2D eigenvalue weighted by Gasteiger charge is 2.36. The van der Waals surface area contributed by atoms with Gasteiger partial charge in [0.1, 0.15) is 0 Å². The molecule has 2 saturated carbocycles. The predicted octanol–water partition coefficient (Wildman–Crippen LogP) is 16.0. The predicted molar refractivity (Wildman–Crippen MR) is 210 cm³/mol. The zero-order valence-electron chi connectivity index (χ0n) is 33.2. The van der Waals surface area contributed by atoms with Crippen LogP contribution in [-0.4, -0.2) is 5.78 Å². The Balaban J connectivity index is 1.38. The van der Waals surface area contributed by atoms with E-state index in [2.05, 4.69) is 13.8 Å². The molecule has 292 valence electrons. The molecule has 0 aliphatic heterocycles. The fourth-order valence-electron chi connectivity index (χ4n) is 9.25. The Kier molecular flexibility index (Phi) is 17.2. The van der Waals surface area contributed by atoms with Crippen molar-refractivity contribution in [3.63, 3.8) is 0 Å². The summed E-state index contributed by atoms with van der Waals surface area (Å²) in [5, 5.41) is 0. The molecule has 0 saturated heterocycles. The minimum absolute atomic E-state index is 0.173. The molecule has 0 unspecified atom stereocenters. The molecule has 0 spiro atoms. The fourth-order valence-corrected chi connectivity index (χ4v) is 9.25. The van der Waals surface area contributed by atoms with Crippen molar-refractivity contribution in [1.82, 2.24) is 0 Å². The lowest BCUT2D eigenvalue weighted by atomic mass is 9.75. The Hall–Kier alpha value is -2.17. The minimum Gasteiger partial charge on any atom is -0.289 e. The van der Waals surface area contributed by atoms with Crippen LogP contribution in [0.3, 0.4) is 0 Å². The Morgan fingerprint density at radius 1 is 0.519 bits per heavy atom. The van der Waals surface area contributed by atoms with Gasteiger partial charge in [0.2, 0.25) is 0 Å². The summed E-state index contributed by atoms with van der Waals surface area (Å²) in [6.45, 7) is 6.10. The third kappa shape index (κ3) is 13.0. The van der Waals surface area contributed by atoms with Gasteiger partial charge >= 0.3 is 0 Å². The summed E-state index contributed by atoms with van der Waals surface area (Å²) in [6.07, 6.45) is 29.0. The number of carbonyl (C=O) groups excluding carboxylic acids is 1. The third-order valence-corrected chi connectivity index (χ3v) is 12.6. The molecule has 0 heterocycles. The topological polar surface area (TPSA) is 17.1 Å². The number of ketones is 1. The Morgan fingerprint density at radius 3 is 1.17 bits per heavy atom. The average molecular weight is 727 g/mol. The van der Waals surface area contributed by atoms with Crippen LogP contribution in [0, 0.1) is 11.8 Å². The summed E-state index contributed by atoms with van der Waals surface area (Å²) in [6, 6.07) is 9.55. The number of unbranched alkanes of at least 4 members (excludes halogenated alkanes) is 12. The molecule has 2 aromatic carbocycles. The smallest absolute Gasteiger partial charge is 0.271 e. The van der Waals surface area contributed by atoms with Gasteiger partial charge in [0, 0.05) is 36.1 Å². The maximum atomic E-state index is 15.2. The summed E-state index contributed by atoms with van der Waals surface area (Å²) < 4.78 is 60.8. The summed E-state index contributed by atoms with van der Waals surface area (Å²) in [4.78, 5) is 14.0. The van der Waals surface area contributed by atoms with Crippen LogP contribution >= 0.6 is 0 Å². The second-order valence-corrected chi connectivity index (χ2v) is 17.0. The summed E-state index contributed by atoms with van der Waals surface area (Å²) in [7, 11) is 0. The van der Waals surface area contributed by atoms with E-state index in [0.29, 0.717) is 11.8 Å². The Morgan fingerprint density at radius 2 is 0.846 bits per heavy atom. The second kappa shape index (κ2) is 21.1. The normalized spacial score (nSPS) is 21.4. The lowest BCUT2D eigenvalue weighted by Gasteiger charge is -2.30. The molecule has 1 nitrogen and oxygen atoms in total. The molecule has 0 amide bonds. The first-order valence-corrected chi connectivity index (χ1v) is 21.5. The zero-order valence-corrected chi connectivity index (χ0v) is 33.2. The first-order chi connectivity index (χ1) is 24.9. The van der Waals surface area contributed by atoms with E-state index in [-0.39, 0.29) is 34.1 Å². The third-order valence-electron chi connectivity index (χ3n) is 12.6. The highest BCUT2D eigenvalue weighted by Crippen LogP contribution is 2.43. The Bertz CT molecular complexity index is 1240. The molecule has 2 fully saturated rings. The van der Waals surface area contributed by atoms with Crippen molar-refractivity contribution in [1.29, 1.82) is 0 Å². The minimum atomic E-state index is -3.28. The number of rotatable bonds is 22. The molecule has 0 bridgehead atoms. The summed E-state index contributed by atoms with van der Waals surface area (Å²) >= 11 is 0. The molecule has 52 heavy (non-hydrogen) atoms. The number of hydrogen-bond donors (Lipinski definition) is 0. The second-order valence-electron chi connectivity index (χ2n) is 17.0. The fraction of sp³-hybridized carbons (Fsp3) is 0.723. The standard InChI is InChI=1S/C47H70F4O/c1-5-7-9-11-13-15-17-19-35-21-25-37(26-22-35)39-29-31-41(43(33-39)46(3,48)49)45(52)42-32-30-40(34-44(42)47(4,50)51)38-27-23-36(24-28-38)20-18-16-14-12-10-8-6-2/h29-38H,5-28H2,1-4H3. The van der Waals surface area contributed by atoms with Crippen LogP contribution < -0.4 is 0 Å². The van der Waals surface area contributed by atoms with Gasteiger partial charge in [-0.1, -0.05) is 141 Å². The summed E-state index contributed by atoms with van der Waals surface area (Å²) in [5.41, 5.74) is 0.617. The monoisotopic (exact) mass is 727 g/mol. The van der Waals surface area contributed by atoms with Crippen molar-refractivity contribution in [2.24, 2.45) is 11.8 Å². The van der Waals surface area contributed by atoms with Crippen LogP contribution in [0.4, 0.5) is 17.6 Å². The maximum absolute atomic E-state index is 15.2. The van der Waals surface area contributed by atoms with Gasteiger partial charge in [0.25, 0.3) is 11.8 Å². The van der Waals surface area contributed by atoms with Gasteiger partial charge < -0.3 is 0 Å². The Labute approximate surface area is 314 Å². The van der Waals surface area contributed by atoms with Gasteiger partial charge in [-0.05, 0) is 98.3 Å². The molecule has 4 rings (SSSR count). The lowest BCUT2D eigenvalue weighted by Crippen LogP contribution is -2.21. The zero-order chi connectivity index (χ0) is 37.6. The van der Waals surface area contributed by atoms with Crippen LogP contribution in [0.5, 0.6) is 0 Å². The molecule has 0 radical (unpaired) electrons. The van der Waals surface area contributed by atoms with E-state index >= 15 is 17.6 Å². The van der Waals surface area contributed by atoms with Crippen molar-refractivity contribution in [3.05, 3.63) is 69.8 Å². The van der Waals surface area contributed by atoms with Crippen LogP contribution in [0.15, 0.2) is 36.4 Å². The summed E-state index contributed by atoms with van der Waals surface area (Å²) in [5.74, 6) is -5.56. The molecule has 2 aliphatic rings. The van der Waals surface area contributed by atoms with Crippen molar-refractivity contribution in [2.75, 3.05) is 0 Å². The maximum Gasteiger partial charge on any atom is 0.271 e. The van der Waals surface area contributed by atoms with E-state index in [0.717, 1.165) is 76.3 Å². The first kappa shape index (κ1) is 42.6. The van der Waals surface area contributed by atoms with E-state index in [1.807, 2.05) is 0 Å². The van der Waals surface area contributed by atoms with Gasteiger partial charge in [0.05, 0.1) is 0 Å². The SMILES string of the molecule is CCCCCCCCCC1CCC(c2ccc(C(=O)c3ccc(C4CCC(CCCCCCCCC)CC4)cc3C(C)(F)F)c(C(C)(F)F)c2)CC1. The molecule has 0 aromatic heterocycles. The number of hydrogen-bond acceptors (Lipinski definition) is 1. The van der Waals surface area contributed by atoms with Crippen LogP contribution in [0.1, 0.15) is 232 Å². The number of carbonyl (C=O) groups is 1. The van der Waals surface area contributed by atoms with Gasteiger partial charge in [-0.3, -0.25) is 4.79 Å². The highest BCUT2D eigenvalue weighted by atomic mass is 19.3. The van der Waals surface area contributed by atoms with E-state index < -0.39 is 17.6 Å². The number of alkyl halides is 4. The van der Waals surface area contributed by atoms with Crippen molar-refractivity contribution in [3.8, 4) is 0 Å². The lowest BCUT2D eigenvalue weighted by molar-refractivity contribution is 0.0158. The van der Waals surface area contributed by atoms with Crippen LogP contribution in [-0.2, 0) is 11.8 Å². The molecular formula is C47H70F4O. The molecule has 2 aliphatic carbocycles. The molecule has 0 atom stereocenters.